The number of imide groups is 1. The van der Waals surface area contributed by atoms with Gasteiger partial charge in [0.1, 0.15) is 11.2 Å². The lowest BCUT2D eigenvalue weighted by Gasteiger charge is -2.28. The zero-order valence-corrected chi connectivity index (χ0v) is 19.1. The average molecular weight is 418 g/mol. The summed E-state index contributed by atoms with van der Waals surface area (Å²) in [5, 5.41) is 0. The molecule has 0 N–H and O–H groups in total. The highest BCUT2D eigenvalue weighted by Gasteiger charge is 2.30. The predicted molar refractivity (Wildman–Crippen MR) is 117 cm³/mol. The van der Waals surface area contributed by atoms with Gasteiger partial charge in [0, 0.05) is 12.7 Å². The second-order valence-corrected chi connectivity index (χ2v) is 9.54. The Morgan fingerprint density at radius 1 is 1.17 bits per heavy atom. The smallest absolute Gasteiger partial charge is 0.419 e. The summed E-state index contributed by atoms with van der Waals surface area (Å²) in [4.78, 5) is 35.2. The van der Waals surface area contributed by atoms with Crippen molar-refractivity contribution in [2.24, 2.45) is 4.99 Å². The molecule has 7 heteroatoms. The first kappa shape index (κ1) is 23.8. The van der Waals surface area contributed by atoms with Crippen LogP contribution in [0.1, 0.15) is 84.5 Å². The number of hydrogen-bond acceptors (Lipinski definition) is 6. The van der Waals surface area contributed by atoms with Crippen LogP contribution in [0.3, 0.4) is 0 Å². The first-order chi connectivity index (χ1) is 14.0. The van der Waals surface area contributed by atoms with E-state index in [0.717, 1.165) is 29.9 Å². The van der Waals surface area contributed by atoms with Gasteiger partial charge in [0.15, 0.2) is 0 Å². The van der Waals surface area contributed by atoms with Crippen molar-refractivity contribution in [1.29, 1.82) is 0 Å². The summed E-state index contributed by atoms with van der Waals surface area (Å²) >= 11 is 0. The first-order valence-electron chi connectivity index (χ1n) is 10.7. The Morgan fingerprint density at radius 2 is 1.80 bits per heavy atom. The lowest BCUT2D eigenvalue weighted by atomic mass is 9.92. The molecule has 0 unspecified atom stereocenters. The highest BCUT2D eigenvalue weighted by Crippen LogP contribution is 2.30. The number of carbonyl (C=O) groups is 2. The van der Waals surface area contributed by atoms with Crippen LogP contribution in [0.15, 0.2) is 23.3 Å². The van der Waals surface area contributed by atoms with E-state index >= 15 is 0 Å². The minimum atomic E-state index is -0.695. The summed E-state index contributed by atoms with van der Waals surface area (Å²) in [7, 11) is 0. The van der Waals surface area contributed by atoms with E-state index in [9.17, 15) is 9.59 Å². The Balaban J connectivity index is 1.94. The van der Waals surface area contributed by atoms with Crippen molar-refractivity contribution in [3.8, 4) is 0 Å². The minimum absolute atomic E-state index is 0.0859. The Morgan fingerprint density at radius 3 is 2.40 bits per heavy atom. The number of fused-ring (bicyclic) bond motifs is 1. The predicted octanol–water partition coefficient (Wildman–Crippen LogP) is 5.48. The molecule has 2 rings (SSSR count). The molecule has 1 atom stereocenters. The number of aryl methyl sites for hydroxylation is 1. The maximum absolute atomic E-state index is 12.5. The molecule has 0 saturated carbocycles. The van der Waals surface area contributed by atoms with Gasteiger partial charge in [0.2, 0.25) is 0 Å². The van der Waals surface area contributed by atoms with Crippen LogP contribution in [0.2, 0.25) is 0 Å². The summed E-state index contributed by atoms with van der Waals surface area (Å²) in [5.74, 6) is 0. The van der Waals surface area contributed by atoms with Crippen molar-refractivity contribution in [2.45, 2.75) is 90.9 Å². The fourth-order valence-electron chi connectivity index (χ4n) is 3.16. The number of hydrogen-bond donors (Lipinski definition) is 0. The van der Waals surface area contributed by atoms with Crippen LogP contribution in [0.5, 0.6) is 0 Å². The molecule has 1 heterocycles. The number of pyridine rings is 1. The maximum Gasteiger partial charge on any atom is 0.419 e. The van der Waals surface area contributed by atoms with Crippen molar-refractivity contribution in [3.63, 3.8) is 0 Å². The van der Waals surface area contributed by atoms with Gasteiger partial charge in [-0.1, -0.05) is 6.07 Å². The van der Waals surface area contributed by atoms with Crippen molar-refractivity contribution in [2.75, 3.05) is 6.54 Å². The lowest BCUT2D eigenvalue weighted by Crippen LogP contribution is -2.44. The largest absolute Gasteiger partial charge is 0.443 e. The molecular weight excluding hydrogens is 382 g/mol. The van der Waals surface area contributed by atoms with Gasteiger partial charge >= 0.3 is 12.2 Å². The number of rotatable bonds is 5. The molecule has 0 fully saturated rings. The molecule has 2 amide bonds. The lowest BCUT2D eigenvalue weighted by molar-refractivity contribution is 0.00139. The molecule has 0 bridgehead atoms. The third-order valence-corrected chi connectivity index (χ3v) is 4.39. The fraction of sp³-hybridized carbons (Fsp3) is 0.652. The number of unbranched alkanes of at least 4 members (excludes halogenated alkanes) is 1. The first-order valence-corrected chi connectivity index (χ1v) is 10.7. The molecule has 1 aromatic rings. The van der Waals surface area contributed by atoms with Crippen molar-refractivity contribution >= 4 is 18.4 Å². The van der Waals surface area contributed by atoms with E-state index in [1.165, 1.54) is 5.56 Å². The number of aliphatic imine (C=N–C) groups is 1. The van der Waals surface area contributed by atoms with E-state index in [2.05, 4.69) is 11.1 Å². The molecule has 1 aliphatic carbocycles. The summed E-state index contributed by atoms with van der Waals surface area (Å²) in [6, 6.07) is 4.17. The average Bonchev–Trinajstić information content (AvgIpc) is 2.61. The molecule has 0 saturated heterocycles. The molecule has 0 aliphatic heterocycles. The van der Waals surface area contributed by atoms with Crippen LogP contribution < -0.4 is 0 Å². The SMILES string of the molecule is CC(C)(C)OC(=O)N(CCCC=N[C@H]1CCCc2cccnc21)C(=O)OC(C)(C)C. The van der Waals surface area contributed by atoms with Gasteiger partial charge in [-0.15, -0.1) is 0 Å². The third-order valence-electron chi connectivity index (χ3n) is 4.39. The van der Waals surface area contributed by atoms with E-state index in [-0.39, 0.29) is 12.6 Å². The molecule has 7 nitrogen and oxygen atoms in total. The zero-order chi connectivity index (χ0) is 22.4. The number of amides is 2. The monoisotopic (exact) mass is 417 g/mol. The molecule has 0 aromatic carbocycles. The van der Waals surface area contributed by atoms with Gasteiger partial charge in [-0.3, -0.25) is 9.98 Å². The van der Waals surface area contributed by atoms with Crippen LogP contribution in [0.4, 0.5) is 9.59 Å². The second kappa shape index (κ2) is 10.0. The highest BCUT2D eigenvalue weighted by atomic mass is 16.6. The summed E-state index contributed by atoms with van der Waals surface area (Å²) < 4.78 is 10.7. The van der Waals surface area contributed by atoms with Crippen molar-refractivity contribution < 1.29 is 19.1 Å². The standard InChI is InChI=1S/C23H35N3O4/c1-22(2,3)29-20(27)26(21(28)30-23(4,5)6)16-8-7-14-24-18-13-9-11-17-12-10-15-25-19(17)18/h10,12,14-15,18H,7-9,11,13,16H2,1-6H3/t18-/m0/s1. The number of nitrogens with zero attached hydrogens (tertiary/aromatic N) is 3. The van der Waals surface area contributed by atoms with Crippen LogP contribution >= 0.6 is 0 Å². The van der Waals surface area contributed by atoms with E-state index in [1.807, 2.05) is 18.5 Å². The fourth-order valence-corrected chi connectivity index (χ4v) is 3.16. The van der Waals surface area contributed by atoms with Gasteiger partial charge in [-0.25, -0.2) is 14.5 Å². The summed E-state index contributed by atoms with van der Waals surface area (Å²) in [6.07, 6.45) is 6.65. The highest BCUT2D eigenvalue weighted by molar-refractivity contribution is 5.88. The van der Waals surface area contributed by atoms with Gasteiger partial charge < -0.3 is 9.47 Å². The normalized spacial score (nSPS) is 16.8. The number of carbonyl (C=O) groups excluding carboxylic acids is 2. The summed E-state index contributed by atoms with van der Waals surface area (Å²) in [6.45, 7) is 10.8. The number of aromatic nitrogens is 1. The van der Waals surface area contributed by atoms with Gasteiger partial charge in [0.25, 0.3) is 0 Å². The minimum Gasteiger partial charge on any atom is -0.443 e. The maximum atomic E-state index is 12.5. The second-order valence-electron chi connectivity index (χ2n) is 9.54. The zero-order valence-electron chi connectivity index (χ0n) is 19.1. The molecule has 166 valence electrons. The quantitative estimate of drug-likeness (QED) is 0.468. The van der Waals surface area contributed by atoms with Crippen molar-refractivity contribution in [3.05, 3.63) is 29.6 Å². The van der Waals surface area contributed by atoms with Gasteiger partial charge in [0.05, 0.1) is 11.7 Å². The molecular formula is C23H35N3O4. The third kappa shape index (κ3) is 7.76. The van der Waals surface area contributed by atoms with E-state index < -0.39 is 23.4 Å². The molecule has 30 heavy (non-hydrogen) atoms. The van der Waals surface area contributed by atoms with Crippen molar-refractivity contribution in [1.82, 2.24) is 9.88 Å². The number of ether oxygens (including phenoxy) is 2. The van der Waals surface area contributed by atoms with Crippen LogP contribution in [0.25, 0.3) is 0 Å². The topological polar surface area (TPSA) is 81.1 Å². The van der Waals surface area contributed by atoms with Gasteiger partial charge in [-0.2, -0.15) is 0 Å². The Kier molecular flexibility index (Phi) is 7.98. The van der Waals surface area contributed by atoms with Crippen LogP contribution in [-0.2, 0) is 15.9 Å². The van der Waals surface area contributed by atoms with Crippen LogP contribution in [-0.4, -0.2) is 46.0 Å². The molecule has 0 radical (unpaired) electrons. The van der Waals surface area contributed by atoms with Crippen LogP contribution in [0, 0.1) is 0 Å². The summed E-state index contributed by atoms with van der Waals surface area (Å²) in [5.41, 5.74) is 0.941. The van der Waals surface area contributed by atoms with E-state index in [1.54, 1.807) is 41.5 Å². The van der Waals surface area contributed by atoms with E-state index in [4.69, 9.17) is 14.5 Å². The molecule has 1 aliphatic rings. The Hall–Kier alpha value is -2.44. The Labute approximate surface area is 179 Å². The van der Waals surface area contributed by atoms with E-state index in [0.29, 0.717) is 12.8 Å². The Bertz CT molecular complexity index is 734. The van der Waals surface area contributed by atoms with Gasteiger partial charge in [-0.05, 0) is 91.5 Å². The molecule has 1 aromatic heterocycles. The molecule has 0 spiro atoms.